The Morgan fingerprint density at radius 2 is 2.10 bits per heavy atom. The third kappa shape index (κ3) is 2.72. The van der Waals surface area contributed by atoms with E-state index < -0.39 is 17.7 Å². The second-order valence-corrected chi connectivity index (χ2v) is 8.24. The van der Waals surface area contributed by atoms with Gasteiger partial charge in [0.1, 0.15) is 0 Å². The quantitative estimate of drug-likeness (QED) is 0.518. The number of aromatic nitrogens is 3. The number of carboxylic acids is 1. The van der Waals surface area contributed by atoms with E-state index in [0.717, 1.165) is 29.4 Å². The maximum Gasteiger partial charge on any atom is 0.419 e. The topological polar surface area (TPSA) is 111 Å². The van der Waals surface area contributed by atoms with Crippen LogP contribution in [0.4, 0.5) is 0 Å². The summed E-state index contributed by atoms with van der Waals surface area (Å²) in [6, 6.07) is 7.97. The lowest BCUT2D eigenvalue weighted by Gasteiger charge is -2.54. The fourth-order valence-corrected chi connectivity index (χ4v) is 5.09. The SMILES string of the molecule is CN1CC2CCC1(OC(=O)C(=O)O)C(c1nc(-c3cn(C)c4ccccc34)no1)C2. The van der Waals surface area contributed by atoms with Crippen LogP contribution in [-0.4, -0.2) is 56.0 Å². The minimum absolute atomic E-state index is 0.368. The van der Waals surface area contributed by atoms with Gasteiger partial charge in [-0.2, -0.15) is 4.98 Å². The number of aliphatic carboxylic acids is 1. The largest absolute Gasteiger partial charge is 0.473 e. The van der Waals surface area contributed by atoms with Gasteiger partial charge in [-0.15, -0.1) is 0 Å². The Morgan fingerprint density at radius 1 is 1.30 bits per heavy atom. The zero-order valence-corrected chi connectivity index (χ0v) is 16.7. The molecule has 0 amide bonds. The standard InChI is InChI=1S/C21H22N4O5/c1-24-11-14(13-5-3-4-6-16(13)24)17-22-18(30-23-17)15-9-12-7-8-21(15,25(2)10-12)29-20(28)19(26)27/h3-6,11-12,15H,7-10H2,1-2H3,(H,26,27). The van der Waals surface area contributed by atoms with Crippen molar-refractivity contribution in [3.63, 3.8) is 0 Å². The summed E-state index contributed by atoms with van der Waals surface area (Å²) in [6.07, 6.45) is 4.05. The van der Waals surface area contributed by atoms with Crippen LogP contribution in [0, 0.1) is 5.92 Å². The van der Waals surface area contributed by atoms with E-state index in [1.165, 1.54) is 0 Å². The Balaban J connectivity index is 1.54. The van der Waals surface area contributed by atoms with E-state index in [9.17, 15) is 9.59 Å². The van der Waals surface area contributed by atoms with Gasteiger partial charge in [-0.1, -0.05) is 23.4 Å². The predicted molar refractivity (Wildman–Crippen MR) is 105 cm³/mol. The van der Waals surface area contributed by atoms with E-state index in [0.29, 0.717) is 30.5 Å². The lowest BCUT2D eigenvalue weighted by molar-refractivity contribution is -0.223. The van der Waals surface area contributed by atoms with Crippen molar-refractivity contribution in [1.29, 1.82) is 0 Å². The molecule has 1 aromatic carbocycles. The molecule has 6 rings (SSSR count). The number of rotatable bonds is 3. The fraction of sp³-hybridized carbons (Fsp3) is 0.429. The van der Waals surface area contributed by atoms with Crippen LogP contribution in [0.3, 0.4) is 0 Å². The van der Waals surface area contributed by atoms with E-state index >= 15 is 0 Å². The number of hydrogen-bond donors (Lipinski definition) is 1. The van der Waals surface area contributed by atoms with Gasteiger partial charge in [0, 0.05) is 42.7 Å². The van der Waals surface area contributed by atoms with Crippen LogP contribution >= 0.6 is 0 Å². The maximum absolute atomic E-state index is 12.0. The average Bonchev–Trinajstić information content (AvgIpc) is 3.34. The molecule has 156 valence electrons. The molecule has 2 aromatic heterocycles. The van der Waals surface area contributed by atoms with Crippen molar-refractivity contribution < 1.29 is 24.0 Å². The van der Waals surface area contributed by atoms with E-state index in [2.05, 4.69) is 10.1 Å². The number of nitrogens with zero attached hydrogens (tertiary/aromatic N) is 4. The second-order valence-electron chi connectivity index (χ2n) is 8.24. The number of hydrogen-bond acceptors (Lipinski definition) is 7. The molecule has 1 N–H and O–H groups in total. The van der Waals surface area contributed by atoms with Crippen molar-refractivity contribution in [2.45, 2.75) is 30.9 Å². The maximum atomic E-state index is 12.0. The van der Waals surface area contributed by atoms with Gasteiger partial charge >= 0.3 is 11.9 Å². The Bertz CT molecular complexity index is 1150. The number of likely N-dealkylation sites (N-methyl/N-ethyl adjacent to an activating group) is 1. The van der Waals surface area contributed by atoms with Crippen molar-refractivity contribution in [2.24, 2.45) is 13.0 Å². The third-order valence-electron chi connectivity index (χ3n) is 6.52. The van der Waals surface area contributed by atoms with Gasteiger partial charge in [-0.25, -0.2) is 9.59 Å². The van der Waals surface area contributed by atoms with Crippen molar-refractivity contribution in [1.82, 2.24) is 19.6 Å². The summed E-state index contributed by atoms with van der Waals surface area (Å²) < 4.78 is 13.2. The van der Waals surface area contributed by atoms with Gasteiger partial charge in [0.2, 0.25) is 11.7 Å². The van der Waals surface area contributed by atoms with Gasteiger partial charge in [0.25, 0.3) is 0 Å². The van der Waals surface area contributed by atoms with E-state index in [-0.39, 0.29) is 5.92 Å². The van der Waals surface area contributed by atoms with Gasteiger partial charge < -0.3 is 18.9 Å². The first-order valence-electron chi connectivity index (χ1n) is 9.94. The zero-order valence-electron chi connectivity index (χ0n) is 16.7. The molecule has 9 nitrogen and oxygen atoms in total. The van der Waals surface area contributed by atoms with Crippen LogP contribution in [-0.2, 0) is 21.4 Å². The zero-order chi connectivity index (χ0) is 21.0. The molecule has 3 aliphatic rings. The second kappa shape index (κ2) is 6.66. The lowest BCUT2D eigenvalue weighted by Crippen LogP contribution is -2.63. The first-order valence-corrected chi connectivity index (χ1v) is 9.94. The molecule has 30 heavy (non-hydrogen) atoms. The van der Waals surface area contributed by atoms with Crippen molar-refractivity contribution in [3.8, 4) is 11.4 Å². The number of carboxylic acid groups (broad SMARTS) is 1. The summed E-state index contributed by atoms with van der Waals surface area (Å²) >= 11 is 0. The van der Waals surface area contributed by atoms with Gasteiger partial charge in [-0.3, -0.25) is 4.90 Å². The number of piperidine rings is 2. The van der Waals surface area contributed by atoms with Crippen LogP contribution < -0.4 is 0 Å². The molecule has 3 atom stereocenters. The van der Waals surface area contributed by atoms with Gasteiger partial charge in [0.15, 0.2) is 5.72 Å². The molecule has 0 spiro atoms. The molecule has 3 fully saturated rings. The normalized spacial score (nSPS) is 26.2. The van der Waals surface area contributed by atoms with Gasteiger partial charge in [0.05, 0.1) is 5.92 Å². The number of benzene rings is 1. The van der Waals surface area contributed by atoms with Crippen LogP contribution in [0.5, 0.6) is 0 Å². The highest BCUT2D eigenvalue weighted by Crippen LogP contribution is 2.51. The molecular weight excluding hydrogens is 388 g/mol. The lowest BCUT2D eigenvalue weighted by atomic mass is 9.70. The summed E-state index contributed by atoms with van der Waals surface area (Å²) in [5.41, 5.74) is 0.823. The summed E-state index contributed by atoms with van der Waals surface area (Å²) in [4.78, 5) is 29.7. The van der Waals surface area contributed by atoms with E-state index in [4.69, 9.17) is 14.4 Å². The summed E-state index contributed by atoms with van der Waals surface area (Å²) in [5.74, 6) is -2.02. The van der Waals surface area contributed by atoms with Crippen LogP contribution in [0.2, 0.25) is 0 Å². The fourth-order valence-electron chi connectivity index (χ4n) is 5.09. The number of para-hydroxylation sites is 1. The number of ether oxygens (including phenoxy) is 1. The number of esters is 1. The highest BCUT2D eigenvalue weighted by Gasteiger charge is 2.57. The Labute approximate surface area is 172 Å². The minimum atomic E-state index is -1.61. The monoisotopic (exact) mass is 410 g/mol. The molecule has 3 aromatic rings. The third-order valence-corrected chi connectivity index (χ3v) is 6.52. The van der Waals surface area contributed by atoms with Crippen molar-refractivity contribution in [2.75, 3.05) is 13.6 Å². The predicted octanol–water partition coefficient (Wildman–Crippen LogP) is 2.38. The van der Waals surface area contributed by atoms with Crippen molar-refractivity contribution in [3.05, 3.63) is 36.4 Å². The smallest absolute Gasteiger partial charge is 0.419 e. The minimum Gasteiger partial charge on any atom is -0.473 e. The van der Waals surface area contributed by atoms with Crippen LogP contribution in [0.25, 0.3) is 22.3 Å². The molecule has 0 radical (unpaired) electrons. The molecule has 9 heteroatoms. The molecule has 1 aliphatic carbocycles. The first kappa shape index (κ1) is 18.8. The highest BCUT2D eigenvalue weighted by atomic mass is 16.6. The number of fused-ring (bicyclic) bond motifs is 4. The van der Waals surface area contributed by atoms with E-state index in [1.54, 1.807) is 0 Å². The first-order chi connectivity index (χ1) is 14.4. The van der Waals surface area contributed by atoms with Crippen LogP contribution in [0.1, 0.15) is 31.1 Å². The summed E-state index contributed by atoms with van der Waals surface area (Å²) in [7, 11) is 3.80. The summed E-state index contributed by atoms with van der Waals surface area (Å²) in [6.45, 7) is 0.730. The Kier molecular flexibility index (Phi) is 4.18. The molecule has 2 saturated heterocycles. The molecule has 4 heterocycles. The molecular formula is C21H22N4O5. The Hall–Kier alpha value is -3.20. The summed E-state index contributed by atoms with van der Waals surface area (Å²) in [5, 5.41) is 14.3. The molecule has 2 bridgehead atoms. The molecule has 3 unspecified atom stereocenters. The number of carbonyl (C=O) groups is 2. The Morgan fingerprint density at radius 3 is 2.87 bits per heavy atom. The van der Waals surface area contributed by atoms with Gasteiger partial charge in [-0.05, 0) is 31.9 Å². The highest BCUT2D eigenvalue weighted by molar-refractivity contribution is 6.28. The molecule has 1 saturated carbocycles. The van der Waals surface area contributed by atoms with E-state index in [1.807, 2.05) is 54.0 Å². The average molecular weight is 410 g/mol. The number of aryl methyl sites for hydroxylation is 1. The van der Waals surface area contributed by atoms with Crippen LogP contribution in [0.15, 0.2) is 35.0 Å². The van der Waals surface area contributed by atoms with Crippen molar-refractivity contribution >= 4 is 22.8 Å². The number of carbonyl (C=O) groups excluding carboxylic acids is 1. The molecule has 2 aliphatic heterocycles.